The fourth-order valence-electron chi connectivity index (χ4n) is 5.48. The maximum Gasteiger partial charge on any atom is 0.407 e. The van der Waals surface area contributed by atoms with Crippen molar-refractivity contribution in [3.63, 3.8) is 0 Å². The van der Waals surface area contributed by atoms with Crippen molar-refractivity contribution < 1.29 is 24.2 Å². The van der Waals surface area contributed by atoms with Crippen LogP contribution in [0.2, 0.25) is 0 Å². The number of carbonyl (C=O) groups is 3. The fraction of sp³-hybridized carbons (Fsp3) is 0.444. The molecule has 0 bridgehead atoms. The van der Waals surface area contributed by atoms with Crippen LogP contribution in [0.15, 0.2) is 48.5 Å². The first kappa shape index (κ1) is 22.4. The summed E-state index contributed by atoms with van der Waals surface area (Å²) in [6.07, 6.45) is 1.52. The second kappa shape index (κ2) is 8.78. The number of fused-ring (bicyclic) bond motifs is 3. The van der Waals surface area contributed by atoms with Crippen LogP contribution in [-0.4, -0.2) is 54.2 Å². The normalized spacial score (nSPS) is 25.3. The van der Waals surface area contributed by atoms with Crippen LogP contribution >= 0.6 is 0 Å². The van der Waals surface area contributed by atoms with E-state index in [1.54, 1.807) is 11.8 Å². The zero-order chi connectivity index (χ0) is 23.9. The molecule has 1 heterocycles. The summed E-state index contributed by atoms with van der Waals surface area (Å²) in [5, 5.41) is 12.3. The summed E-state index contributed by atoms with van der Waals surface area (Å²) in [5.74, 6) is -0.909. The third-order valence-electron chi connectivity index (χ3n) is 7.62. The predicted octanol–water partition coefficient (Wildman–Crippen LogP) is 3.87. The van der Waals surface area contributed by atoms with Gasteiger partial charge in [-0.2, -0.15) is 0 Å². The Bertz CT molecular complexity index is 1090. The lowest BCUT2D eigenvalue weighted by Crippen LogP contribution is -2.49. The molecule has 0 spiro atoms. The summed E-state index contributed by atoms with van der Waals surface area (Å²) in [7, 11) is 0. The van der Waals surface area contributed by atoms with Gasteiger partial charge in [0.2, 0.25) is 5.91 Å². The number of piperidine rings is 1. The smallest absolute Gasteiger partial charge is 0.407 e. The van der Waals surface area contributed by atoms with Crippen molar-refractivity contribution in [2.75, 3.05) is 26.2 Å². The van der Waals surface area contributed by atoms with Crippen molar-refractivity contribution in [3.05, 3.63) is 59.7 Å². The van der Waals surface area contributed by atoms with Crippen molar-refractivity contribution in [1.29, 1.82) is 0 Å². The lowest BCUT2D eigenvalue weighted by atomic mass is 9.82. The standard InChI is InChI=1S/C27H30N2O5/c1-27(25(31)32)11-6-12-29(16-27)24(30)22-13-17(22)14-28-26(33)34-15-23-20-9-4-2-7-18(20)19-8-3-5-10-21(19)23/h2-5,7-10,17,22-23H,6,11-16H2,1H3,(H,28,33)(H,31,32)/t17-,22-,27?/m1/s1. The summed E-state index contributed by atoms with van der Waals surface area (Å²) in [6, 6.07) is 16.4. The van der Waals surface area contributed by atoms with Gasteiger partial charge in [-0.3, -0.25) is 9.59 Å². The van der Waals surface area contributed by atoms with Gasteiger partial charge in [-0.1, -0.05) is 48.5 Å². The SMILES string of the molecule is CC1(C(=O)O)CCCN(C(=O)[C@@H]2C[C@@H]2CNC(=O)OCC2c3ccccc3-c3ccccc32)C1. The number of likely N-dealkylation sites (tertiary alicyclic amines) is 1. The van der Waals surface area contributed by atoms with Gasteiger partial charge in [-0.05, 0) is 54.4 Å². The molecule has 1 unspecified atom stereocenters. The maximum atomic E-state index is 12.8. The predicted molar refractivity (Wildman–Crippen MR) is 126 cm³/mol. The number of nitrogens with zero attached hydrogens (tertiary/aromatic N) is 1. The molecular formula is C27H30N2O5. The summed E-state index contributed by atoms with van der Waals surface area (Å²) >= 11 is 0. The number of aliphatic carboxylic acids is 1. The summed E-state index contributed by atoms with van der Waals surface area (Å²) in [4.78, 5) is 38.5. The van der Waals surface area contributed by atoms with Crippen molar-refractivity contribution in [2.45, 2.75) is 32.1 Å². The van der Waals surface area contributed by atoms with E-state index in [9.17, 15) is 19.5 Å². The number of carboxylic acids is 1. The maximum absolute atomic E-state index is 12.8. The number of hydrogen-bond acceptors (Lipinski definition) is 4. The van der Waals surface area contributed by atoms with Gasteiger partial charge in [0, 0.05) is 31.5 Å². The van der Waals surface area contributed by atoms with Gasteiger partial charge in [0.05, 0.1) is 5.41 Å². The molecule has 7 nitrogen and oxygen atoms in total. The highest BCUT2D eigenvalue weighted by Gasteiger charge is 2.48. The molecule has 34 heavy (non-hydrogen) atoms. The minimum Gasteiger partial charge on any atom is -0.481 e. The molecule has 1 saturated heterocycles. The van der Waals surface area contributed by atoms with E-state index in [1.165, 1.54) is 22.3 Å². The van der Waals surface area contributed by atoms with Crippen molar-refractivity contribution >= 4 is 18.0 Å². The van der Waals surface area contributed by atoms with E-state index < -0.39 is 17.5 Å². The Labute approximate surface area is 199 Å². The Morgan fingerprint density at radius 2 is 1.74 bits per heavy atom. The van der Waals surface area contributed by atoms with Gasteiger partial charge in [0.15, 0.2) is 0 Å². The van der Waals surface area contributed by atoms with E-state index in [2.05, 4.69) is 29.6 Å². The molecule has 1 saturated carbocycles. The summed E-state index contributed by atoms with van der Waals surface area (Å²) in [5.41, 5.74) is 3.82. The molecular weight excluding hydrogens is 432 g/mol. The molecule has 2 aromatic rings. The minimum absolute atomic E-state index is 0.00603. The van der Waals surface area contributed by atoms with Crippen molar-refractivity contribution in [2.24, 2.45) is 17.3 Å². The first-order valence-electron chi connectivity index (χ1n) is 12.0. The number of nitrogens with one attached hydrogen (secondary N) is 1. The molecule has 0 radical (unpaired) electrons. The Hall–Kier alpha value is -3.35. The highest BCUT2D eigenvalue weighted by atomic mass is 16.5. The van der Waals surface area contributed by atoms with Crippen LogP contribution < -0.4 is 5.32 Å². The van der Waals surface area contributed by atoms with Gasteiger partial charge >= 0.3 is 12.1 Å². The van der Waals surface area contributed by atoms with Gasteiger partial charge in [-0.15, -0.1) is 0 Å². The molecule has 5 rings (SSSR count). The van der Waals surface area contributed by atoms with Gasteiger partial charge < -0.3 is 20.1 Å². The average Bonchev–Trinajstić information content (AvgIpc) is 3.55. The first-order chi connectivity index (χ1) is 16.4. The van der Waals surface area contributed by atoms with Gasteiger partial charge in [0.25, 0.3) is 0 Å². The Morgan fingerprint density at radius 1 is 1.09 bits per heavy atom. The number of amides is 2. The minimum atomic E-state index is -0.877. The zero-order valence-corrected chi connectivity index (χ0v) is 19.3. The van der Waals surface area contributed by atoms with E-state index in [1.807, 2.05) is 24.3 Å². The molecule has 2 N–H and O–H groups in total. The number of carbonyl (C=O) groups excluding carboxylic acids is 2. The molecule has 2 aliphatic carbocycles. The van der Waals surface area contributed by atoms with E-state index >= 15 is 0 Å². The Balaban J connectivity index is 1.11. The number of benzene rings is 2. The molecule has 2 fully saturated rings. The summed E-state index contributed by atoms with van der Waals surface area (Å²) < 4.78 is 5.57. The van der Waals surface area contributed by atoms with Crippen LogP contribution in [0.25, 0.3) is 11.1 Å². The molecule has 1 aliphatic heterocycles. The number of rotatable bonds is 6. The van der Waals surface area contributed by atoms with Crippen LogP contribution in [0.1, 0.15) is 43.2 Å². The number of ether oxygens (including phenoxy) is 1. The quantitative estimate of drug-likeness (QED) is 0.679. The second-order valence-electron chi connectivity index (χ2n) is 10.0. The van der Waals surface area contributed by atoms with Crippen LogP contribution in [0.5, 0.6) is 0 Å². The van der Waals surface area contributed by atoms with Gasteiger partial charge in [0.1, 0.15) is 6.61 Å². The van der Waals surface area contributed by atoms with Crippen LogP contribution in [-0.2, 0) is 14.3 Å². The summed E-state index contributed by atoms with van der Waals surface area (Å²) in [6.45, 7) is 3.21. The Morgan fingerprint density at radius 3 is 2.38 bits per heavy atom. The number of alkyl carbamates (subject to hydrolysis) is 1. The Kier molecular flexibility index (Phi) is 5.80. The first-order valence-corrected chi connectivity index (χ1v) is 12.0. The lowest BCUT2D eigenvalue weighted by Gasteiger charge is -2.37. The van der Waals surface area contributed by atoms with E-state index in [0.717, 1.165) is 0 Å². The van der Waals surface area contributed by atoms with Crippen molar-refractivity contribution in [3.8, 4) is 11.1 Å². The monoisotopic (exact) mass is 462 g/mol. The third-order valence-corrected chi connectivity index (χ3v) is 7.62. The molecule has 2 amide bonds. The van der Waals surface area contributed by atoms with Gasteiger partial charge in [-0.25, -0.2) is 4.79 Å². The van der Waals surface area contributed by atoms with E-state index in [4.69, 9.17) is 4.74 Å². The van der Waals surface area contributed by atoms with E-state index in [0.29, 0.717) is 32.4 Å². The largest absolute Gasteiger partial charge is 0.481 e. The highest BCUT2D eigenvalue weighted by molar-refractivity contribution is 5.83. The topological polar surface area (TPSA) is 95.9 Å². The molecule has 0 aromatic heterocycles. The van der Waals surface area contributed by atoms with Crippen LogP contribution in [0.3, 0.4) is 0 Å². The van der Waals surface area contributed by atoms with Crippen LogP contribution in [0.4, 0.5) is 4.79 Å². The number of carboxylic acid groups (broad SMARTS) is 1. The molecule has 178 valence electrons. The lowest BCUT2D eigenvalue weighted by molar-refractivity contribution is -0.153. The number of hydrogen-bond donors (Lipinski definition) is 2. The third kappa shape index (κ3) is 4.15. The zero-order valence-electron chi connectivity index (χ0n) is 19.3. The fourth-order valence-corrected chi connectivity index (χ4v) is 5.48. The molecule has 7 heteroatoms. The molecule has 2 aromatic carbocycles. The highest BCUT2D eigenvalue weighted by Crippen LogP contribution is 2.44. The second-order valence-corrected chi connectivity index (χ2v) is 10.0. The molecule has 3 atom stereocenters. The van der Waals surface area contributed by atoms with Crippen LogP contribution in [0, 0.1) is 17.3 Å². The van der Waals surface area contributed by atoms with Crippen molar-refractivity contribution in [1.82, 2.24) is 10.2 Å². The molecule has 3 aliphatic rings. The average molecular weight is 463 g/mol. The van der Waals surface area contributed by atoms with E-state index in [-0.39, 0.29) is 36.8 Å².